The van der Waals surface area contributed by atoms with Crippen LogP contribution in [-0.4, -0.2) is 158 Å². The summed E-state index contributed by atoms with van der Waals surface area (Å²) < 4.78 is 17.1. The molecule has 0 bridgehead atoms. The van der Waals surface area contributed by atoms with E-state index in [9.17, 15) is 88.5 Å². The summed E-state index contributed by atoms with van der Waals surface area (Å²) in [7, 11) is 0. The van der Waals surface area contributed by atoms with Crippen molar-refractivity contribution in [2.75, 3.05) is 17.6 Å². The fourth-order valence-corrected chi connectivity index (χ4v) is 10.8. The summed E-state index contributed by atoms with van der Waals surface area (Å²) >= 11 is 0. The third-order valence-corrected chi connectivity index (χ3v) is 15.5. The summed E-state index contributed by atoms with van der Waals surface area (Å²) in [4.78, 5) is 158. The molecule has 7 atom stereocenters. The van der Waals surface area contributed by atoms with Crippen LogP contribution in [0.25, 0.3) is 11.2 Å². The Morgan fingerprint density at radius 2 is 1.64 bits per heavy atom. The molecular formula is C59H57N9O21. The number of phenols is 2. The molecule has 1 saturated heterocycles. The van der Waals surface area contributed by atoms with Gasteiger partial charge in [0.2, 0.25) is 5.95 Å². The van der Waals surface area contributed by atoms with E-state index in [4.69, 9.17) is 19.9 Å². The number of hydrogen-bond donors (Lipinski definition) is 13. The van der Waals surface area contributed by atoms with E-state index < -0.39 is 172 Å². The summed E-state index contributed by atoms with van der Waals surface area (Å²) in [6.07, 6.45) is -7.04. The van der Waals surface area contributed by atoms with Crippen LogP contribution in [0.3, 0.4) is 0 Å². The number of nitrogens with zero attached hydrogens (tertiary/aromatic N) is 3. The molecule has 6 aromatic rings. The van der Waals surface area contributed by atoms with Gasteiger partial charge in [-0.3, -0.25) is 48.1 Å². The van der Waals surface area contributed by atoms with E-state index in [1.807, 2.05) is 0 Å². The number of nitrogens with one attached hydrogen (secondary N) is 5. The number of ketones is 4. The van der Waals surface area contributed by atoms with Crippen molar-refractivity contribution in [3.8, 4) is 17.2 Å². The molecule has 0 saturated carbocycles. The van der Waals surface area contributed by atoms with Crippen molar-refractivity contribution in [3.63, 3.8) is 0 Å². The lowest BCUT2D eigenvalue weighted by atomic mass is 9.71. The van der Waals surface area contributed by atoms with Gasteiger partial charge in [-0.25, -0.2) is 19.6 Å². The molecule has 1 aliphatic heterocycles. The maximum Gasteiger partial charge on any atom is 0.336 e. The van der Waals surface area contributed by atoms with Gasteiger partial charge in [-0.1, -0.05) is 18.2 Å². The minimum absolute atomic E-state index is 0.0128. The number of Topliss-reactive ketones (excluding diaryl/α,β-unsaturated/α-hetero) is 2. The second kappa shape index (κ2) is 25.9. The lowest BCUT2D eigenvalue weighted by molar-refractivity contribution is -0.248. The number of aromatic hydroxyl groups is 2. The molecule has 89 heavy (non-hydrogen) atoms. The van der Waals surface area contributed by atoms with Gasteiger partial charge < -0.3 is 77.0 Å². The number of ether oxygens (including phenoxy) is 3. The van der Waals surface area contributed by atoms with E-state index in [0.717, 1.165) is 19.1 Å². The van der Waals surface area contributed by atoms with Gasteiger partial charge in [-0.2, -0.15) is 4.98 Å². The quantitative estimate of drug-likeness (QED) is 0.0243. The van der Waals surface area contributed by atoms with Gasteiger partial charge in [0.1, 0.15) is 40.8 Å². The summed E-state index contributed by atoms with van der Waals surface area (Å²) in [6, 6.07) is 8.72. The second-order valence-electron chi connectivity index (χ2n) is 21.3. The molecule has 1 fully saturated rings. The first-order valence-corrected chi connectivity index (χ1v) is 27.5. The number of aromatic amines is 1. The number of nitrogens with two attached hydrogens (primary N) is 1. The summed E-state index contributed by atoms with van der Waals surface area (Å²) in [6.45, 7) is 1.55. The molecule has 464 valence electrons. The van der Waals surface area contributed by atoms with E-state index in [2.05, 4.69) is 41.2 Å². The number of hydrogen-bond acceptors (Lipinski definition) is 24. The smallest absolute Gasteiger partial charge is 0.336 e. The first-order chi connectivity index (χ1) is 42.3. The van der Waals surface area contributed by atoms with Crippen LogP contribution in [-0.2, 0) is 48.2 Å². The maximum atomic E-state index is 14.2. The Balaban J connectivity index is 0.821. The maximum absolute atomic E-state index is 14.2. The fraction of sp³-hybridized carbons (Fsp3) is 0.322. The van der Waals surface area contributed by atoms with E-state index in [0.29, 0.717) is 11.4 Å². The first kappa shape index (κ1) is 63.1. The highest BCUT2D eigenvalue weighted by atomic mass is 16.7. The summed E-state index contributed by atoms with van der Waals surface area (Å²) in [5, 5.41) is 87.2. The highest BCUT2D eigenvalue weighted by Gasteiger charge is 2.50. The number of aliphatic carboxylic acids is 1. The summed E-state index contributed by atoms with van der Waals surface area (Å²) in [5.74, 6) is -11.6. The van der Waals surface area contributed by atoms with Crippen molar-refractivity contribution in [2.45, 2.75) is 114 Å². The van der Waals surface area contributed by atoms with Gasteiger partial charge in [-0.15, -0.1) is 0 Å². The van der Waals surface area contributed by atoms with Crippen LogP contribution in [0.1, 0.15) is 154 Å². The second-order valence-corrected chi connectivity index (χ2v) is 21.3. The predicted octanol–water partition coefficient (Wildman–Crippen LogP) is 1.18. The molecule has 1 unspecified atom stereocenters. The number of rotatable bonds is 23. The number of H-pyrrole nitrogens is 1. The Labute approximate surface area is 501 Å². The number of amides is 3. The Morgan fingerprint density at radius 1 is 0.910 bits per heavy atom. The number of carboxylic acids is 2. The molecule has 2 aliphatic carbocycles. The number of phenolic OH excluding ortho intramolecular Hbond substituents is 2. The monoisotopic (exact) mass is 1230 g/mol. The lowest BCUT2D eigenvalue weighted by Gasteiger charge is -2.42. The molecular weight excluding hydrogens is 1170 g/mol. The number of aromatic nitrogens is 4. The molecule has 3 aliphatic rings. The first-order valence-electron chi connectivity index (χ1n) is 27.5. The van der Waals surface area contributed by atoms with Crippen molar-refractivity contribution in [1.29, 1.82) is 0 Å². The third kappa shape index (κ3) is 13.0. The van der Waals surface area contributed by atoms with E-state index in [1.165, 1.54) is 43.5 Å². The van der Waals surface area contributed by atoms with Crippen LogP contribution in [0.5, 0.6) is 17.2 Å². The minimum Gasteiger partial charge on any atom is -0.507 e. The van der Waals surface area contributed by atoms with E-state index >= 15 is 0 Å². The van der Waals surface area contributed by atoms with Crippen LogP contribution < -0.4 is 37.3 Å². The van der Waals surface area contributed by atoms with Crippen molar-refractivity contribution < 1.29 is 97.9 Å². The zero-order valence-electron chi connectivity index (χ0n) is 47.2. The zero-order valence-corrected chi connectivity index (χ0v) is 47.2. The number of anilines is 2. The largest absolute Gasteiger partial charge is 0.507 e. The van der Waals surface area contributed by atoms with Crippen molar-refractivity contribution in [2.24, 2.45) is 0 Å². The van der Waals surface area contributed by atoms with Crippen LogP contribution in [0.15, 0.2) is 65.6 Å². The number of benzene rings is 4. The standard InChI is InChI=1S/C59H57N9O21/c1-24-46(73)37(17-40(88-24)89-39-19-59(86,25(2)71)18-35-42(39)50(77)44-43(48(35)75)47(74)31-7-3-5-27(22-69)41(31)49(44)76)66-54(80)32-15-34(38(87-23-70)16-33(32)56(82)83)53(79)61-14-4-6-30(72)12-13-36(57(84)85)65-52(78)26-8-10-28(11-9-26)62-20-29-21-63-51-45(64-29)55(81)68-58(60)67-51/h3,5,7-11,15-16,21,23-24,36-37,39-40,46,62,69,73,75,77,86H,4,6,12-14,17-20,22H2,1-2H3,(H,61,79)(H,65,78)(H,66,80)(H,82,83)(H,84,85)(H3,60,63,67,68,81)/t24?,36-,37+,39-,40-,46+,59-/m0/s1. The molecule has 0 radical (unpaired) electrons. The minimum atomic E-state index is -2.30. The number of aliphatic hydroxyl groups excluding tert-OH is 2. The van der Waals surface area contributed by atoms with Gasteiger partial charge in [0.15, 0.2) is 34.8 Å². The zero-order chi connectivity index (χ0) is 64.3. The van der Waals surface area contributed by atoms with Gasteiger partial charge in [-0.05, 0) is 68.7 Å². The third-order valence-electron chi connectivity index (χ3n) is 15.5. The SMILES string of the molecule is CC(=O)[C@]1(O)Cc2c(O)c3c(c(O)c2[C@@H](O[C@H]2C[C@@H](NC(=O)c4cc(C(=O)NCCCC(=O)CC[C@H](NC(=O)c5ccc(NCc6cnc7nc(N)[nH]c(=O)c7n6)cc5)C(=O)O)c(OC=O)cc4C(=O)O)[C@H](O)C(C)O2)C1)C(=O)c1c(CO)cccc1C3=O. The van der Waals surface area contributed by atoms with Crippen molar-refractivity contribution >= 4 is 82.1 Å². The molecule has 30 nitrogen and oxygen atoms in total. The number of carbonyl (C=O) groups is 10. The average molecular weight is 1230 g/mol. The molecule has 14 N–H and O–H groups in total. The number of aromatic carboxylic acids is 1. The molecule has 30 heteroatoms. The highest BCUT2D eigenvalue weighted by molar-refractivity contribution is 6.31. The molecule has 3 heterocycles. The normalized spacial score (nSPS) is 19.6. The van der Waals surface area contributed by atoms with Crippen LogP contribution in [0.2, 0.25) is 0 Å². The number of aliphatic hydroxyl groups is 3. The topological polar surface area (TPSA) is 486 Å². The van der Waals surface area contributed by atoms with E-state index in [-0.39, 0.29) is 95.7 Å². The number of nitrogen functional groups attached to an aromatic ring is 1. The van der Waals surface area contributed by atoms with Gasteiger partial charge in [0.25, 0.3) is 29.8 Å². The molecule has 9 rings (SSSR count). The Morgan fingerprint density at radius 3 is 2.33 bits per heavy atom. The predicted molar refractivity (Wildman–Crippen MR) is 304 cm³/mol. The van der Waals surface area contributed by atoms with Crippen molar-refractivity contribution in [1.82, 2.24) is 35.9 Å². The van der Waals surface area contributed by atoms with Crippen LogP contribution in [0.4, 0.5) is 11.6 Å². The molecule has 3 amide bonds. The van der Waals surface area contributed by atoms with E-state index in [1.54, 1.807) is 12.1 Å². The Hall–Kier alpha value is -10.4. The van der Waals surface area contributed by atoms with Crippen LogP contribution >= 0.6 is 0 Å². The average Bonchev–Trinajstić information content (AvgIpc) is 0.767. The number of carbonyl (C=O) groups excluding carboxylic acids is 8. The van der Waals surface area contributed by atoms with Crippen LogP contribution in [0, 0.1) is 0 Å². The molecule has 0 spiro atoms. The highest BCUT2D eigenvalue weighted by Crippen LogP contribution is 2.52. The van der Waals surface area contributed by atoms with Gasteiger partial charge in [0.05, 0.1) is 71.1 Å². The lowest BCUT2D eigenvalue weighted by Crippen LogP contribution is -2.56. The Bertz CT molecular complexity index is 4000. The number of fused-ring (bicyclic) bond motifs is 4. The molecule has 4 aromatic carbocycles. The van der Waals surface area contributed by atoms with Gasteiger partial charge >= 0.3 is 11.9 Å². The van der Waals surface area contributed by atoms with Gasteiger partial charge in [0, 0.05) is 72.2 Å². The molecule has 2 aromatic heterocycles. The summed E-state index contributed by atoms with van der Waals surface area (Å²) in [5.41, 5.74) is -0.438. The Kier molecular flexibility index (Phi) is 18.4. The fourth-order valence-electron chi connectivity index (χ4n) is 10.8. The number of carboxylic acid groups (broad SMARTS) is 2. The van der Waals surface area contributed by atoms with Crippen molar-refractivity contribution in [3.05, 3.63) is 138 Å².